The van der Waals surface area contributed by atoms with E-state index < -0.39 is 0 Å². The number of ether oxygens (including phenoxy) is 1. The van der Waals surface area contributed by atoms with Gasteiger partial charge in [0.1, 0.15) is 16.9 Å². The number of hydrogen-bond acceptors (Lipinski definition) is 4. The summed E-state index contributed by atoms with van der Waals surface area (Å²) in [4.78, 5) is 17.7. The van der Waals surface area contributed by atoms with Gasteiger partial charge in [-0.05, 0) is 12.1 Å². The van der Waals surface area contributed by atoms with Gasteiger partial charge in [0.15, 0.2) is 5.76 Å². The van der Waals surface area contributed by atoms with Crippen molar-refractivity contribution in [2.45, 2.75) is 12.5 Å². The third-order valence-electron chi connectivity index (χ3n) is 3.19. The molecule has 1 aliphatic heterocycles. The highest BCUT2D eigenvalue weighted by Crippen LogP contribution is 2.26. The fourth-order valence-electron chi connectivity index (χ4n) is 2.20. The lowest BCUT2D eigenvalue weighted by Gasteiger charge is -2.16. The summed E-state index contributed by atoms with van der Waals surface area (Å²) in [6.45, 7) is 1.17. The van der Waals surface area contributed by atoms with Gasteiger partial charge in [-0.15, -0.1) is 0 Å². The number of likely N-dealkylation sites (tertiary alicyclic amines) is 1. The highest BCUT2D eigenvalue weighted by Gasteiger charge is 2.29. The fourth-order valence-corrected chi connectivity index (χ4v) is 2.37. The van der Waals surface area contributed by atoms with Gasteiger partial charge < -0.3 is 14.1 Å². The van der Waals surface area contributed by atoms with Gasteiger partial charge in [0, 0.05) is 31.4 Å². The minimum atomic E-state index is -0.109. The van der Waals surface area contributed by atoms with E-state index in [9.17, 15) is 4.79 Å². The van der Waals surface area contributed by atoms with Gasteiger partial charge in [-0.25, -0.2) is 0 Å². The quantitative estimate of drug-likeness (QED) is 0.872. The van der Waals surface area contributed by atoms with Crippen LogP contribution < -0.4 is 4.74 Å². The van der Waals surface area contributed by atoms with Gasteiger partial charge in [-0.1, -0.05) is 11.6 Å². The van der Waals surface area contributed by atoms with E-state index in [0.717, 1.165) is 6.42 Å². The van der Waals surface area contributed by atoms with Crippen molar-refractivity contribution in [3.63, 3.8) is 0 Å². The van der Waals surface area contributed by atoms with Gasteiger partial charge >= 0.3 is 0 Å². The Balaban J connectivity index is 1.63. The number of aromatic nitrogens is 1. The maximum Gasteiger partial charge on any atom is 0.289 e. The second-order valence-corrected chi connectivity index (χ2v) is 4.97. The van der Waals surface area contributed by atoms with Crippen LogP contribution in [0.15, 0.2) is 41.3 Å². The lowest BCUT2D eigenvalue weighted by atomic mass is 10.3. The van der Waals surface area contributed by atoms with Crippen molar-refractivity contribution in [1.82, 2.24) is 9.88 Å². The van der Waals surface area contributed by atoms with Crippen LogP contribution in [-0.4, -0.2) is 35.0 Å². The van der Waals surface area contributed by atoms with E-state index in [0.29, 0.717) is 29.6 Å². The predicted octanol–water partition coefficient (Wildman–Crippen LogP) is 2.62. The molecule has 1 atom stereocenters. The molecule has 0 spiro atoms. The van der Waals surface area contributed by atoms with Crippen LogP contribution in [-0.2, 0) is 0 Å². The Morgan fingerprint density at radius 2 is 2.40 bits per heavy atom. The summed E-state index contributed by atoms with van der Waals surface area (Å²) in [5.74, 6) is 0.841. The first-order valence-electron chi connectivity index (χ1n) is 6.33. The number of carbonyl (C=O) groups is 1. The van der Waals surface area contributed by atoms with E-state index in [1.165, 1.54) is 12.5 Å². The Morgan fingerprint density at radius 1 is 1.50 bits per heavy atom. The van der Waals surface area contributed by atoms with Gasteiger partial charge in [0.25, 0.3) is 5.91 Å². The number of nitrogens with zero attached hydrogens (tertiary/aromatic N) is 2. The fraction of sp³-hybridized carbons (Fsp3) is 0.286. The largest absolute Gasteiger partial charge is 0.487 e. The zero-order valence-corrected chi connectivity index (χ0v) is 11.4. The first-order chi connectivity index (χ1) is 9.74. The lowest BCUT2D eigenvalue weighted by Crippen LogP contribution is -2.30. The normalized spacial score (nSPS) is 18.2. The summed E-state index contributed by atoms with van der Waals surface area (Å²) in [5.41, 5.74) is 0. The summed E-state index contributed by atoms with van der Waals surface area (Å²) < 4.78 is 10.9. The van der Waals surface area contributed by atoms with Crippen molar-refractivity contribution >= 4 is 17.5 Å². The van der Waals surface area contributed by atoms with Crippen LogP contribution >= 0.6 is 11.6 Å². The molecule has 5 nitrogen and oxygen atoms in total. The number of pyridine rings is 1. The smallest absolute Gasteiger partial charge is 0.289 e. The molecule has 1 aliphatic rings. The molecule has 0 aliphatic carbocycles. The average molecular weight is 293 g/mol. The highest BCUT2D eigenvalue weighted by molar-refractivity contribution is 6.31. The van der Waals surface area contributed by atoms with Crippen LogP contribution in [0.5, 0.6) is 5.75 Å². The molecule has 0 bridgehead atoms. The maximum atomic E-state index is 12.1. The Morgan fingerprint density at radius 3 is 3.15 bits per heavy atom. The minimum Gasteiger partial charge on any atom is -0.487 e. The summed E-state index contributed by atoms with van der Waals surface area (Å²) in [6, 6.07) is 5.09. The Kier molecular flexibility index (Phi) is 3.60. The van der Waals surface area contributed by atoms with Crippen LogP contribution in [0.3, 0.4) is 0 Å². The zero-order chi connectivity index (χ0) is 13.9. The van der Waals surface area contributed by atoms with Crippen molar-refractivity contribution in [3.8, 4) is 5.75 Å². The molecule has 2 aromatic heterocycles. The summed E-state index contributed by atoms with van der Waals surface area (Å²) in [6.07, 6.45) is 5.37. The van der Waals surface area contributed by atoms with Crippen molar-refractivity contribution in [2.75, 3.05) is 13.1 Å². The van der Waals surface area contributed by atoms with Crippen molar-refractivity contribution < 1.29 is 13.9 Å². The summed E-state index contributed by atoms with van der Waals surface area (Å²) in [5, 5.41) is 0.475. The molecule has 1 saturated heterocycles. The Bertz CT molecular complexity index is 600. The second-order valence-electron chi connectivity index (χ2n) is 4.56. The standard InChI is InChI=1S/C14H13ClN2O3/c15-11-8-16-5-3-12(11)20-10-4-6-17(9-10)14(18)13-2-1-7-19-13/h1-3,5,7-8,10H,4,6,9H2. The first kappa shape index (κ1) is 13.0. The first-order valence-corrected chi connectivity index (χ1v) is 6.71. The van der Waals surface area contributed by atoms with E-state index in [1.807, 2.05) is 0 Å². The maximum absolute atomic E-state index is 12.1. The van der Waals surface area contributed by atoms with Crippen molar-refractivity contribution in [2.24, 2.45) is 0 Å². The molecule has 3 heterocycles. The molecule has 0 aromatic carbocycles. The lowest BCUT2D eigenvalue weighted by molar-refractivity contribution is 0.0741. The molecule has 2 aromatic rings. The Labute approximate surface area is 121 Å². The van der Waals surface area contributed by atoms with Crippen molar-refractivity contribution in [1.29, 1.82) is 0 Å². The topological polar surface area (TPSA) is 55.6 Å². The van der Waals surface area contributed by atoms with Crippen LogP contribution in [0.4, 0.5) is 0 Å². The van der Waals surface area contributed by atoms with Crippen molar-refractivity contribution in [3.05, 3.63) is 47.6 Å². The van der Waals surface area contributed by atoms with E-state index in [2.05, 4.69) is 4.98 Å². The van der Waals surface area contributed by atoms with E-state index in [-0.39, 0.29) is 12.0 Å². The SMILES string of the molecule is O=C(c1ccco1)N1CCC(Oc2ccncc2Cl)C1. The van der Waals surface area contributed by atoms with Gasteiger partial charge in [-0.3, -0.25) is 9.78 Å². The number of rotatable bonds is 3. The molecule has 20 heavy (non-hydrogen) atoms. The third-order valence-corrected chi connectivity index (χ3v) is 3.48. The molecular weight excluding hydrogens is 280 g/mol. The van der Waals surface area contributed by atoms with Crippen LogP contribution in [0.1, 0.15) is 17.0 Å². The second kappa shape index (κ2) is 5.54. The predicted molar refractivity (Wildman–Crippen MR) is 72.9 cm³/mol. The van der Waals surface area contributed by atoms with Crippen LogP contribution in [0.25, 0.3) is 0 Å². The molecule has 104 valence electrons. The monoisotopic (exact) mass is 292 g/mol. The number of hydrogen-bond donors (Lipinski definition) is 0. The molecule has 0 N–H and O–H groups in total. The summed E-state index contributed by atoms with van der Waals surface area (Å²) >= 11 is 6.00. The molecule has 1 fully saturated rings. The number of amides is 1. The third kappa shape index (κ3) is 2.63. The van der Waals surface area contributed by atoms with E-state index in [1.54, 1.807) is 29.3 Å². The van der Waals surface area contributed by atoms with Crippen LogP contribution in [0.2, 0.25) is 5.02 Å². The Hall–Kier alpha value is -2.01. The number of furan rings is 1. The van der Waals surface area contributed by atoms with E-state index in [4.69, 9.17) is 20.8 Å². The van der Waals surface area contributed by atoms with Gasteiger partial charge in [-0.2, -0.15) is 0 Å². The van der Waals surface area contributed by atoms with Gasteiger partial charge in [0.05, 0.1) is 12.8 Å². The molecule has 1 unspecified atom stereocenters. The number of carbonyl (C=O) groups excluding carboxylic acids is 1. The molecule has 3 rings (SSSR count). The highest BCUT2D eigenvalue weighted by atomic mass is 35.5. The van der Waals surface area contributed by atoms with E-state index >= 15 is 0 Å². The van der Waals surface area contributed by atoms with Gasteiger partial charge in [0.2, 0.25) is 0 Å². The molecule has 0 saturated carbocycles. The molecular formula is C14H13ClN2O3. The minimum absolute atomic E-state index is 0.0613. The molecule has 0 radical (unpaired) electrons. The average Bonchev–Trinajstić information content (AvgIpc) is 3.12. The summed E-state index contributed by atoms with van der Waals surface area (Å²) in [7, 11) is 0. The number of halogens is 1. The van der Waals surface area contributed by atoms with Crippen LogP contribution in [0, 0.1) is 0 Å². The zero-order valence-electron chi connectivity index (χ0n) is 10.7. The molecule has 6 heteroatoms. The molecule has 1 amide bonds.